The maximum Gasteiger partial charge on any atom is -0.0136 e. The van der Waals surface area contributed by atoms with E-state index in [1.807, 2.05) is 0 Å². The second-order valence-corrected chi connectivity index (χ2v) is 5.15. The quantitative estimate of drug-likeness (QED) is 0.680. The van der Waals surface area contributed by atoms with E-state index in [-0.39, 0.29) is 0 Å². The monoisotopic (exact) mass is 222 g/mol. The Morgan fingerprint density at radius 2 is 1.41 bits per heavy atom. The van der Waals surface area contributed by atoms with Crippen molar-refractivity contribution in [1.29, 1.82) is 0 Å². The lowest BCUT2D eigenvalue weighted by Crippen LogP contribution is -2.20. The molecule has 17 heavy (non-hydrogen) atoms. The van der Waals surface area contributed by atoms with Crippen LogP contribution in [0.15, 0.2) is 54.6 Å². The summed E-state index contributed by atoms with van der Waals surface area (Å²) in [5, 5.41) is 0. The van der Waals surface area contributed by atoms with Gasteiger partial charge < -0.3 is 0 Å². The molecule has 0 aromatic heterocycles. The van der Waals surface area contributed by atoms with Gasteiger partial charge in [0.2, 0.25) is 0 Å². The summed E-state index contributed by atoms with van der Waals surface area (Å²) < 4.78 is 0. The van der Waals surface area contributed by atoms with E-state index in [0.29, 0.717) is 0 Å². The molecule has 1 aliphatic carbocycles. The first kappa shape index (κ1) is 10.6. The van der Waals surface area contributed by atoms with E-state index < -0.39 is 0 Å². The fraction of sp³-hybridized carbons (Fsp3) is 0.294. The molecule has 0 spiro atoms. The second-order valence-electron chi connectivity index (χ2n) is 5.15. The molecule has 2 aromatic rings. The first-order valence-electron chi connectivity index (χ1n) is 6.50. The normalized spacial score (nSPS) is 23.1. The molecule has 0 nitrogen and oxygen atoms in total. The standard InChI is InChI=1S/C17H18/c1-13-7-12-17(13)16-10-8-15(9-11-16)14-5-3-2-4-6-14/h2-6,8-11,13,17H,7,12H2,1H3. The summed E-state index contributed by atoms with van der Waals surface area (Å²) in [7, 11) is 0. The predicted octanol–water partition coefficient (Wildman–Crippen LogP) is 4.87. The number of benzene rings is 2. The van der Waals surface area contributed by atoms with Crippen LogP contribution in [0.1, 0.15) is 31.2 Å². The number of hydrogen-bond acceptors (Lipinski definition) is 0. The van der Waals surface area contributed by atoms with Crippen LogP contribution in [0, 0.1) is 5.92 Å². The van der Waals surface area contributed by atoms with Crippen LogP contribution in [0.3, 0.4) is 0 Å². The first-order chi connectivity index (χ1) is 8.34. The van der Waals surface area contributed by atoms with Crippen LogP contribution in [-0.4, -0.2) is 0 Å². The Bertz CT molecular complexity index is 481. The van der Waals surface area contributed by atoms with Gasteiger partial charge in [-0.25, -0.2) is 0 Å². The van der Waals surface area contributed by atoms with Crippen molar-refractivity contribution >= 4 is 0 Å². The van der Waals surface area contributed by atoms with E-state index in [4.69, 9.17) is 0 Å². The lowest BCUT2D eigenvalue weighted by Gasteiger charge is -2.34. The van der Waals surface area contributed by atoms with Crippen LogP contribution < -0.4 is 0 Å². The van der Waals surface area contributed by atoms with Gasteiger partial charge in [-0.05, 0) is 41.4 Å². The molecular formula is C17H18. The highest BCUT2D eigenvalue weighted by molar-refractivity contribution is 5.63. The molecule has 1 saturated carbocycles. The minimum atomic E-state index is 0.805. The summed E-state index contributed by atoms with van der Waals surface area (Å²) in [5.41, 5.74) is 4.14. The average Bonchev–Trinajstić information content (AvgIpc) is 2.39. The van der Waals surface area contributed by atoms with Gasteiger partial charge >= 0.3 is 0 Å². The van der Waals surface area contributed by atoms with E-state index in [1.54, 1.807) is 0 Å². The molecule has 0 N–H and O–H groups in total. The molecule has 0 aliphatic heterocycles. The highest BCUT2D eigenvalue weighted by atomic mass is 14.3. The van der Waals surface area contributed by atoms with E-state index in [2.05, 4.69) is 61.5 Å². The molecule has 0 bridgehead atoms. The molecule has 0 radical (unpaired) electrons. The van der Waals surface area contributed by atoms with Gasteiger partial charge in [0.25, 0.3) is 0 Å². The summed E-state index contributed by atoms with van der Waals surface area (Å²) >= 11 is 0. The largest absolute Gasteiger partial charge is 0.0622 e. The molecule has 3 rings (SSSR count). The van der Waals surface area contributed by atoms with Gasteiger partial charge in [-0.15, -0.1) is 0 Å². The van der Waals surface area contributed by atoms with E-state index in [9.17, 15) is 0 Å². The van der Waals surface area contributed by atoms with Crippen LogP contribution in [-0.2, 0) is 0 Å². The summed E-state index contributed by atoms with van der Waals surface area (Å²) in [4.78, 5) is 0. The minimum Gasteiger partial charge on any atom is -0.0622 e. The van der Waals surface area contributed by atoms with Crippen LogP contribution in [0.25, 0.3) is 11.1 Å². The van der Waals surface area contributed by atoms with Gasteiger partial charge in [0.1, 0.15) is 0 Å². The summed E-state index contributed by atoms with van der Waals surface area (Å²) in [5.74, 6) is 1.68. The molecule has 0 heterocycles. The van der Waals surface area contributed by atoms with Gasteiger partial charge in [-0.2, -0.15) is 0 Å². The topological polar surface area (TPSA) is 0 Å². The van der Waals surface area contributed by atoms with Crippen molar-refractivity contribution in [3.8, 4) is 11.1 Å². The zero-order valence-corrected chi connectivity index (χ0v) is 10.3. The van der Waals surface area contributed by atoms with Crippen molar-refractivity contribution in [1.82, 2.24) is 0 Å². The van der Waals surface area contributed by atoms with Crippen molar-refractivity contribution < 1.29 is 0 Å². The van der Waals surface area contributed by atoms with Gasteiger partial charge in [-0.1, -0.05) is 61.5 Å². The Balaban J connectivity index is 1.85. The maximum absolute atomic E-state index is 2.36. The number of rotatable bonds is 2. The zero-order valence-electron chi connectivity index (χ0n) is 10.3. The predicted molar refractivity (Wildman–Crippen MR) is 73.0 cm³/mol. The fourth-order valence-electron chi connectivity index (χ4n) is 2.72. The van der Waals surface area contributed by atoms with Crippen LogP contribution in [0.5, 0.6) is 0 Å². The smallest absolute Gasteiger partial charge is 0.0136 e. The lowest BCUT2D eigenvalue weighted by molar-refractivity contribution is 0.280. The Hall–Kier alpha value is -1.56. The van der Waals surface area contributed by atoms with E-state index >= 15 is 0 Å². The van der Waals surface area contributed by atoms with Crippen molar-refractivity contribution in [3.05, 3.63) is 60.2 Å². The Morgan fingerprint density at radius 1 is 0.765 bits per heavy atom. The van der Waals surface area contributed by atoms with E-state index in [1.165, 1.54) is 29.5 Å². The molecule has 2 atom stereocenters. The average molecular weight is 222 g/mol. The highest BCUT2D eigenvalue weighted by Crippen LogP contribution is 2.42. The molecule has 1 aliphatic rings. The zero-order chi connectivity index (χ0) is 11.7. The molecule has 0 heteroatoms. The SMILES string of the molecule is CC1CCC1c1ccc(-c2ccccc2)cc1. The molecule has 0 amide bonds. The van der Waals surface area contributed by atoms with Crippen LogP contribution in [0.4, 0.5) is 0 Å². The van der Waals surface area contributed by atoms with Crippen LogP contribution in [0.2, 0.25) is 0 Å². The molecule has 0 saturated heterocycles. The van der Waals surface area contributed by atoms with Gasteiger partial charge in [0, 0.05) is 0 Å². The summed E-state index contributed by atoms with van der Waals surface area (Å²) in [6.45, 7) is 2.36. The van der Waals surface area contributed by atoms with Gasteiger partial charge in [0.15, 0.2) is 0 Å². The molecule has 2 aromatic carbocycles. The first-order valence-corrected chi connectivity index (χ1v) is 6.50. The third-order valence-electron chi connectivity index (χ3n) is 4.07. The Morgan fingerprint density at radius 3 is 1.94 bits per heavy atom. The lowest BCUT2D eigenvalue weighted by atomic mass is 9.71. The number of hydrogen-bond donors (Lipinski definition) is 0. The van der Waals surface area contributed by atoms with Gasteiger partial charge in [-0.3, -0.25) is 0 Å². The van der Waals surface area contributed by atoms with Crippen molar-refractivity contribution in [2.75, 3.05) is 0 Å². The minimum absolute atomic E-state index is 0.805. The maximum atomic E-state index is 2.36. The summed E-state index contributed by atoms with van der Waals surface area (Å²) in [6.07, 6.45) is 2.76. The third kappa shape index (κ3) is 2.00. The Kier molecular flexibility index (Phi) is 2.72. The van der Waals surface area contributed by atoms with Crippen molar-refractivity contribution in [3.63, 3.8) is 0 Å². The van der Waals surface area contributed by atoms with Crippen molar-refractivity contribution in [2.24, 2.45) is 5.92 Å². The van der Waals surface area contributed by atoms with Crippen molar-refractivity contribution in [2.45, 2.75) is 25.7 Å². The molecular weight excluding hydrogens is 204 g/mol. The molecule has 86 valence electrons. The highest BCUT2D eigenvalue weighted by Gasteiger charge is 2.27. The third-order valence-corrected chi connectivity index (χ3v) is 4.07. The molecule has 1 fully saturated rings. The summed E-state index contributed by atoms with van der Waals surface area (Å²) in [6, 6.07) is 19.7. The van der Waals surface area contributed by atoms with Crippen LogP contribution >= 0.6 is 0 Å². The second kappa shape index (κ2) is 4.37. The fourth-order valence-corrected chi connectivity index (χ4v) is 2.72. The van der Waals surface area contributed by atoms with E-state index in [0.717, 1.165) is 11.8 Å². The Labute approximate surface area is 103 Å². The van der Waals surface area contributed by atoms with Gasteiger partial charge in [0.05, 0.1) is 0 Å². The molecule has 2 unspecified atom stereocenters.